The van der Waals surface area contributed by atoms with E-state index in [1.807, 2.05) is 25.7 Å². The van der Waals surface area contributed by atoms with Gasteiger partial charge in [-0.3, -0.25) is 0 Å². The zero-order chi connectivity index (χ0) is 20.7. The minimum atomic E-state index is -1.41. The number of aliphatic hydroxyl groups is 1. The van der Waals surface area contributed by atoms with Crippen LogP contribution in [0.5, 0.6) is 0 Å². The molecular weight excluding hydrogens is 360 g/mol. The van der Waals surface area contributed by atoms with E-state index >= 15 is 0 Å². The fourth-order valence-electron chi connectivity index (χ4n) is 3.35. The third-order valence-electron chi connectivity index (χ3n) is 4.91. The van der Waals surface area contributed by atoms with Crippen molar-refractivity contribution in [3.05, 3.63) is 35.9 Å². The molecule has 2 fully saturated rings. The van der Waals surface area contributed by atoms with Crippen LogP contribution in [0.2, 0.25) is 0 Å². The number of ether oxygens (including phenoxy) is 1. The molecule has 0 saturated carbocycles. The van der Waals surface area contributed by atoms with Crippen LogP contribution < -0.4 is 5.32 Å². The van der Waals surface area contributed by atoms with Crippen LogP contribution in [0.4, 0.5) is 4.79 Å². The normalized spacial score (nSPS) is 21.0. The van der Waals surface area contributed by atoms with Gasteiger partial charge in [0.05, 0.1) is 0 Å². The third-order valence-corrected chi connectivity index (χ3v) is 4.91. The fourth-order valence-corrected chi connectivity index (χ4v) is 3.35. The molecule has 1 aromatic rings. The largest absolute Gasteiger partial charge is 0.479 e. The quantitative estimate of drug-likeness (QED) is 0.731. The molecule has 1 aromatic carbocycles. The van der Waals surface area contributed by atoms with Crippen molar-refractivity contribution in [2.24, 2.45) is 11.8 Å². The van der Waals surface area contributed by atoms with E-state index in [4.69, 9.17) is 14.9 Å². The molecule has 0 radical (unpaired) electrons. The lowest BCUT2D eigenvalue weighted by Gasteiger charge is -2.44. The third kappa shape index (κ3) is 6.80. The van der Waals surface area contributed by atoms with Crippen molar-refractivity contribution in [2.75, 3.05) is 26.2 Å². The Kier molecular flexibility index (Phi) is 7.83. The Morgan fingerprint density at radius 1 is 1.18 bits per heavy atom. The number of nitrogens with zero attached hydrogens (tertiary/aromatic N) is 1. The monoisotopic (exact) mass is 392 g/mol. The van der Waals surface area contributed by atoms with Gasteiger partial charge in [-0.2, -0.15) is 0 Å². The average molecular weight is 392 g/mol. The molecule has 0 bridgehead atoms. The first-order valence-corrected chi connectivity index (χ1v) is 9.82. The minimum Gasteiger partial charge on any atom is -0.479 e. The van der Waals surface area contributed by atoms with Crippen LogP contribution in [-0.2, 0) is 9.53 Å². The first kappa shape index (κ1) is 22.2. The molecule has 2 aliphatic rings. The maximum absolute atomic E-state index is 11.8. The summed E-state index contributed by atoms with van der Waals surface area (Å²) in [5, 5.41) is 20.8. The summed E-state index contributed by atoms with van der Waals surface area (Å²) in [6.45, 7) is 9.75. The highest BCUT2D eigenvalue weighted by Crippen LogP contribution is 2.29. The van der Waals surface area contributed by atoms with E-state index in [9.17, 15) is 9.59 Å². The Hall–Kier alpha value is -2.12. The molecule has 2 unspecified atom stereocenters. The number of carbonyl (C=O) groups excluding carboxylic acids is 1. The number of carbonyl (C=O) groups is 2. The number of carboxylic acids is 1. The lowest BCUT2D eigenvalue weighted by molar-refractivity contribution is -0.146. The van der Waals surface area contributed by atoms with Crippen molar-refractivity contribution < 1.29 is 24.5 Å². The van der Waals surface area contributed by atoms with E-state index in [0.29, 0.717) is 11.5 Å². The SMILES string of the molecule is CC(C)(C)OC(=O)N1CC(C2CCCNC2)C1.O=C(O)C(O)c1ccccc1. The summed E-state index contributed by atoms with van der Waals surface area (Å²) in [5.74, 6) is 0.203. The van der Waals surface area contributed by atoms with Gasteiger partial charge >= 0.3 is 12.1 Å². The topological polar surface area (TPSA) is 99.1 Å². The van der Waals surface area contributed by atoms with Crippen molar-refractivity contribution in [3.63, 3.8) is 0 Å². The molecule has 28 heavy (non-hydrogen) atoms. The summed E-state index contributed by atoms with van der Waals surface area (Å²) in [4.78, 5) is 23.8. The van der Waals surface area contributed by atoms with Gasteiger partial charge in [0, 0.05) is 13.1 Å². The van der Waals surface area contributed by atoms with Gasteiger partial charge in [0.25, 0.3) is 0 Å². The van der Waals surface area contributed by atoms with Crippen LogP contribution in [0.25, 0.3) is 0 Å². The lowest BCUT2D eigenvalue weighted by Crippen LogP contribution is -2.55. The fraction of sp³-hybridized carbons (Fsp3) is 0.619. The number of nitrogens with one attached hydrogen (secondary N) is 1. The Bertz CT molecular complexity index is 632. The van der Waals surface area contributed by atoms with Crippen molar-refractivity contribution in [1.29, 1.82) is 0 Å². The van der Waals surface area contributed by atoms with Gasteiger partial charge in [-0.1, -0.05) is 30.3 Å². The molecule has 156 valence electrons. The average Bonchev–Trinajstić information content (AvgIpc) is 2.60. The molecule has 0 aromatic heterocycles. The molecule has 7 nitrogen and oxygen atoms in total. The van der Waals surface area contributed by atoms with Crippen LogP contribution in [-0.4, -0.2) is 59.0 Å². The number of aliphatic carboxylic acids is 1. The molecule has 2 aliphatic heterocycles. The number of rotatable bonds is 3. The second-order valence-corrected chi connectivity index (χ2v) is 8.40. The highest BCUT2D eigenvalue weighted by molar-refractivity contribution is 5.73. The predicted octanol–water partition coefficient (Wildman–Crippen LogP) is 2.66. The minimum absolute atomic E-state index is 0.155. The molecule has 2 atom stereocenters. The summed E-state index contributed by atoms with van der Waals surface area (Å²) in [6, 6.07) is 8.26. The van der Waals surface area contributed by atoms with Gasteiger partial charge in [-0.15, -0.1) is 0 Å². The zero-order valence-electron chi connectivity index (χ0n) is 16.9. The van der Waals surface area contributed by atoms with E-state index < -0.39 is 12.1 Å². The summed E-state index contributed by atoms with van der Waals surface area (Å²) < 4.78 is 5.35. The standard InChI is InChI=1S/C13H24N2O2.C8H8O3/c1-13(2,3)17-12(16)15-8-11(9-15)10-5-4-6-14-7-10;9-7(8(10)11)6-4-2-1-3-5-6/h10-11,14H,4-9H2,1-3H3;1-5,7,9H,(H,10,11). The lowest BCUT2D eigenvalue weighted by atomic mass is 9.81. The highest BCUT2D eigenvalue weighted by atomic mass is 16.6. The number of piperidine rings is 1. The van der Waals surface area contributed by atoms with Crippen LogP contribution in [0.15, 0.2) is 30.3 Å². The van der Waals surface area contributed by atoms with E-state index in [1.165, 1.54) is 12.8 Å². The summed E-state index contributed by atoms with van der Waals surface area (Å²) in [5.41, 5.74) is 0.0224. The summed E-state index contributed by atoms with van der Waals surface area (Å²) in [6.07, 6.45) is 1.02. The molecule has 7 heteroatoms. The van der Waals surface area contributed by atoms with Crippen molar-refractivity contribution in [3.8, 4) is 0 Å². The molecule has 2 heterocycles. The van der Waals surface area contributed by atoms with Crippen molar-refractivity contribution >= 4 is 12.1 Å². The molecule has 3 rings (SSSR count). The van der Waals surface area contributed by atoms with Crippen LogP contribution in [0, 0.1) is 11.8 Å². The van der Waals surface area contributed by atoms with Crippen molar-refractivity contribution in [1.82, 2.24) is 10.2 Å². The summed E-state index contributed by atoms with van der Waals surface area (Å²) in [7, 11) is 0. The Balaban J connectivity index is 0.000000221. The first-order valence-electron chi connectivity index (χ1n) is 9.82. The smallest absolute Gasteiger partial charge is 0.410 e. The van der Waals surface area contributed by atoms with Crippen LogP contribution in [0.1, 0.15) is 45.3 Å². The van der Waals surface area contributed by atoms with Gasteiger partial charge in [0.2, 0.25) is 0 Å². The van der Waals surface area contributed by atoms with Gasteiger partial charge < -0.3 is 25.2 Å². The first-order chi connectivity index (χ1) is 13.2. The van der Waals surface area contributed by atoms with Gasteiger partial charge in [-0.25, -0.2) is 9.59 Å². The van der Waals surface area contributed by atoms with Gasteiger partial charge in [-0.05, 0) is 64.1 Å². The molecular formula is C21H32N2O5. The van der Waals surface area contributed by atoms with Gasteiger partial charge in [0.1, 0.15) is 5.60 Å². The maximum Gasteiger partial charge on any atom is 0.410 e. The molecule has 1 amide bonds. The highest BCUT2D eigenvalue weighted by Gasteiger charge is 2.38. The maximum atomic E-state index is 11.8. The molecule has 0 aliphatic carbocycles. The number of carboxylic acid groups (broad SMARTS) is 1. The van der Waals surface area contributed by atoms with Gasteiger partial charge in [0.15, 0.2) is 6.10 Å². The number of likely N-dealkylation sites (tertiary alicyclic amines) is 1. The van der Waals surface area contributed by atoms with Crippen LogP contribution in [0.3, 0.4) is 0 Å². The Morgan fingerprint density at radius 3 is 2.32 bits per heavy atom. The molecule has 0 spiro atoms. The molecule has 2 saturated heterocycles. The summed E-state index contributed by atoms with van der Waals surface area (Å²) >= 11 is 0. The number of hydrogen-bond donors (Lipinski definition) is 3. The second kappa shape index (κ2) is 9.89. The number of aliphatic hydroxyl groups excluding tert-OH is 1. The van der Waals surface area contributed by atoms with Crippen LogP contribution >= 0.6 is 0 Å². The van der Waals surface area contributed by atoms with E-state index in [1.54, 1.807) is 30.3 Å². The van der Waals surface area contributed by atoms with Crippen molar-refractivity contribution in [2.45, 2.75) is 45.3 Å². The van der Waals surface area contributed by atoms with E-state index in [-0.39, 0.29) is 11.7 Å². The zero-order valence-corrected chi connectivity index (χ0v) is 16.9. The molecule has 3 N–H and O–H groups in total. The van der Waals surface area contributed by atoms with E-state index in [2.05, 4.69) is 5.32 Å². The Labute approximate surface area is 166 Å². The predicted molar refractivity (Wildman–Crippen MR) is 106 cm³/mol. The number of benzene rings is 1. The second-order valence-electron chi connectivity index (χ2n) is 8.40. The number of amides is 1. The van der Waals surface area contributed by atoms with E-state index in [0.717, 1.165) is 32.1 Å². The number of hydrogen-bond acceptors (Lipinski definition) is 5. The Morgan fingerprint density at radius 2 is 1.82 bits per heavy atom.